The highest BCUT2D eigenvalue weighted by Crippen LogP contribution is 2.45. The van der Waals surface area contributed by atoms with E-state index in [1.165, 1.54) is 30.4 Å². The summed E-state index contributed by atoms with van der Waals surface area (Å²) in [6, 6.07) is 8.76. The number of hydrogen-bond acceptors (Lipinski definition) is 0. The number of hydrogen-bond donors (Lipinski definition) is 0. The molecule has 0 heterocycles. The summed E-state index contributed by atoms with van der Waals surface area (Å²) < 4.78 is 0. The summed E-state index contributed by atoms with van der Waals surface area (Å²) in [6.45, 7) is 9.27. The Morgan fingerprint density at radius 3 is 2.44 bits per heavy atom. The fraction of sp³-hybridized carbons (Fsp3) is 0.647. The molecular formula is C17H25Cl. The standard InChI is InChI=1S/C17H25Cl/c1-12-9-10-15(16(18)11-12)17(3,4)14-8-6-5-7-13(14)2/h5-8,12,15-16H,9-11H2,1-4H3. The Hall–Kier alpha value is -0.490. The lowest BCUT2D eigenvalue weighted by atomic mass is 9.65. The minimum atomic E-state index is 0.178. The first-order valence-electron chi connectivity index (χ1n) is 7.13. The Balaban J connectivity index is 2.28. The molecule has 1 heteroatoms. The number of halogens is 1. The molecule has 1 aromatic rings. The molecule has 1 aromatic carbocycles. The molecule has 0 N–H and O–H groups in total. The molecular weight excluding hydrogens is 240 g/mol. The minimum absolute atomic E-state index is 0.178. The van der Waals surface area contributed by atoms with Crippen LogP contribution >= 0.6 is 11.6 Å². The fourth-order valence-electron chi connectivity index (χ4n) is 3.62. The molecule has 0 aromatic heterocycles. The summed E-state index contributed by atoms with van der Waals surface area (Å²) in [5.41, 5.74) is 3.04. The van der Waals surface area contributed by atoms with Crippen molar-refractivity contribution >= 4 is 11.6 Å². The third-order valence-electron chi connectivity index (χ3n) is 4.80. The number of aryl methyl sites for hydroxylation is 1. The van der Waals surface area contributed by atoms with Gasteiger partial charge in [0, 0.05) is 5.38 Å². The molecule has 0 radical (unpaired) electrons. The Bertz CT molecular complexity index is 408. The van der Waals surface area contributed by atoms with E-state index in [4.69, 9.17) is 11.6 Å². The Labute approximate surface area is 117 Å². The second-order valence-electron chi connectivity index (χ2n) is 6.58. The van der Waals surface area contributed by atoms with E-state index in [9.17, 15) is 0 Å². The molecule has 0 saturated heterocycles. The minimum Gasteiger partial charge on any atom is -0.123 e. The van der Waals surface area contributed by atoms with Gasteiger partial charge in [-0.15, -0.1) is 11.6 Å². The van der Waals surface area contributed by atoms with Gasteiger partial charge < -0.3 is 0 Å². The van der Waals surface area contributed by atoms with Crippen molar-refractivity contribution in [2.75, 3.05) is 0 Å². The van der Waals surface area contributed by atoms with Gasteiger partial charge in [0.1, 0.15) is 0 Å². The van der Waals surface area contributed by atoms with E-state index in [1.807, 2.05) is 0 Å². The lowest BCUT2D eigenvalue weighted by Gasteiger charge is -2.42. The SMILES string of the molecule is Cc1ccccc1C(C)(C)C1CCC(C)CC1Cl. The van der Waals surface area contributed by atoms with Crippen LogP contribution in [0.5, 0.6) is 0 Å². The highest BCUT2D eigenvalue weighted by molar-refractivity contribution is 6.20. The summed E-state index contributed by atoms with van der Waals surface area (Å²) in [6.07, 6.45) is 3.75. The van der Waals surface area contributed by atoms with Gasteiger partial charge in [-0.1, -0.05) is 51.5 Å². The Morgan fingerprint density at radius 2 is 1.83 bits per heavy atom. The third-order valence-corrected chi connectivity index (χ3v) is 5.28. The zero-order valence-corrected chi connectivity index (χ0v) is 12.8. The van der Waals surface area contributed by atoms with E-state index >= 15 is 0 Å². The van der Waals surface area contributed by atoms with E-state index in [2.05, 4.69) is 52.0 Å². The largest absolute Gasteiger partial charge is 0.123 e. The highest BCUT2D eigenvalue weighted by atomic mass is 35.5. The molecule has 0 spiro atoms. The number of alkyl halides is 1. The molecule has 3 unspecified atom stereocenters. The molecule has 100 valence electrons. The highest BCUT2D eigenvalue weighted by Gasteiger charge is 2.39. The first-order chi connectivity index (χ1) is 8.43. The van der Waals surface area contributed by atoms with Crippen LogP contribution in [-0.2, 0) is 5.41 Å². The van der Waals surface area contributed by atoms with E-state index in [0.29, 0.717) is 11.3 Å². The van der Waals surface area contributed by atoms with E-state index in [-0.39, 0.29) is 5.41 Å². The van der Waals surface area contributed by atoms with Crippen LogP contribution in [0.15, 0.2) is 24.3 Å². The lowest BCUT2D eigenvalue weighted by molar-refractivity contribution is 0.207. The smallest absolute Gasteiger partial charge is 0.0375 e. The average molecular weight is 265 g/mol. The predicted octanol–water partition coefficient (Wildman–Crippen LogP) is 5.32. The molecule has 1 aliphatic carbocycles. The maximum Gasteiger partial charge on any atom is 0.0375 e. The molecule has 1 fully saturated rings. The van der Waals surface area contributed by atoms with Gasteiger partial charge in [0.15, 0.2) is 0 Å². The normalized spacial score (nSPS) is 29.3. The number of benzene rings is 1. The van der Waals surface area contributed by atoms with Gasteiger partial charge in [-0.25, -0.2) is 0 Å². The van der Waals surface area contributed by atoms with Crippen LogP contribution in [0.1, 0.15) is 51.2 Å². The van der Waals surface area contributed by atoms with Crippen molar-refractivity contribution in [1.29, 1.82) is 0 Å². The molecule has 1 aliphatic rings. The molecule has 2 rings (SSSR count). The predicted molar refractivity (Wildman–Crippen MR) is 80.4 cm³/mol. The monoisotopic (exact) mass is 264 g/mol. The second-order valence-corrected chi connectivity index (χ2v) is 7.14. The van der Waals surface area contributed by atoms with Crippen molar-refractivity contribution in [3.8, 4) is 0 Å². The van der Waals surface area contributed by atoms with E-state index in [1.54, 1.807) is 0 Å². The fourth-order valence-corrected chi connectivity index (χ4v) is 4.37. The van der Waals surface area contributed by atoms with Crippen molar-refractivity contribution in [2.24, 2.45) is 11.8 Å². The molecule has 0 nitrogen and oxygen atoms in total. The second kappa shape index (κ2) is 5.25. The third kappa shape index (κ3) is 2.59. The number of rotatable bonds is 2. The molecule has 18 heavy (non-hydrogen) atoms. The van der Waals surface area contributed by atoms with Crippen molar-refractivity contribution in [3.05, 3.63) is 35.4 Å². The lowest BCUT2D eigenvalue weighted by Crippen LogP contribution is -2.39. The van der Waals surface area contributed by atoms with Gasteiger partial charge in [0.2, 0.25) is 0 Å². The van der Waals surface area contributed by atoms with Crippen LogP contribution in [0.2, 0.25) is 0 Å². The summed E-state index contributed by atoms with van der Waals surface area (Å²) in [5.74, 6) is 1.38. The van der Waals surface area contributed by atoms with Gasteiger partial charge in [-0.2, -0.15) is 0 Å². The topological polar surface area (TPSA) is 0 Å². The van der Waals surface area contributed by atoms with Gasteiger partial charge in [-0.05, 0) is 48.1 Å². The van der Waals surface area contributed by atoms with Crippen LogP contribution in [0.25, 0.3) is 0 Å². The molecule has 0 aliphatic heterocycles. The molecule has 0 amide bonds. The summed E-state index contributed by atoms with van der Waals surface area (Å²) in [5, 5.41) is 0.323. The Morgan fingerprint density at radius 1 is 1.17 bits per heavy atom. The zero-order valence-electron chi connectivity index (χ0n) is 12.0. The van der Waals surface area contributed by atoms with Gasteiger partial charge in [0.05, 0.1) is 0 Å². The molecule has 1 saturated carbocycles. The first-order valence-corrected chi connectivity index (χ1v) is 7.56. The quantitative estimate of drug-likeness (QED) is 0.635. The van der Waals surface area contributed by atoms with Crippen molar-refractivity contribution in [3.63, 3.8) is 0 Å². The van der Waals surface area contributed by atoms with E-state index < -0.39 is 0 Å². The van der Waals surface area contributed by atoms with Crippen molar-refractivity contribution in [1.82, 2.24) is 0 Å². The maximum absolute atomic E-state index is 6.66. The molecule has 3 atom stereocenters. The first kappa shape index (κ1) is 13.9. The summed E-state index contributed by atoms with van der Waals surface area (Å²) in [7, 11) is 0. The van der Waals surface area contributed by atoms with Crippen LogP contribution in [0, 0.1) is 18.8 Å². The van der Waals surface area contributed by atoms with Crippen LogP contribution in [0.3, 0.4) is 0 Å². The summed E-state index contributed by atoms with van der Waals surface area (Å²) >= 11 is 6.66. The van der Waals surface area contributed by atoms with Gasteiger partial charge in [0.25, 0.3) is 0 Å². The maximum atomic E-state index is 6.66. The van der Waals surface area contributed by atoms with E-state index in [0.717, 1.165) is 5.92 Å². The molecule has 0 bridgehead atoms. The summed E-state index contributed by atoms with van der Waals surface area (Å²) in [4.78, 5) is 0. The van der Waals surface area contributed by atoms with Crippen molar-refractivity contribution < 1.29 is 0 Å². The average Bonchev–Trinajstić information content (AvgIpc) is 2.28. The van der Waals surface area contributed by atoms with Crippen LogP contribution in [0.4, 0.5) is 0 Å². The Kier molecular flexibility index (Phi) is 4.06. The van der Waals surface area contributed by atoms with Crippen LogP contribution < -0.4 is 0 Å². The van der Waals surface area contributed by atoms with Crippen molar-refractivity contribution in [2.45, 2.75) is 57.7 Å². The van der Waals surface area contributed by atoms with Gasteiger partial charge >= 0.3 is 0 Å². The van der Waals surface area contributed by atoms with Gasteiger partial charge in [-0.3, -0.25) is 0 Å². The zero-order chi connectivity index (χ0) is 13.3. The van der Waals surface area contributed by atoms with Crippen LogP contribution in [-0.4, -0.2) is 5.38 Å².